The van der Waals surface area contributed by atoms with Gasteiger partial charge in [-0.2, -0.15) is 0 Å². The summed E-state index contributed by atoms with van der Waals surface area (Å²) < 4.78 is 0. The molecule has 0 saturated heterocycles. The molecule has 0 aliphatic rings. The molecule has 0 aromatic heterocycles. The average molecular weight is 65.7 g/mol. The molecule has 0 spiro atoms. The van der Waals surface area contributed by atoms with Gasteiger partial charge in [-0.15, -0.1) is 0 Å². The molecular weight excluding hydrogens is 61.6 g/mol. The monoisotopic (exact) mass is 66.1 g/mol. The van der Waals surface area contributed by atoms with Crippen LogP contribution in [0.25, 0.3) is 0 Å². The second-order valence-electron chi connectivity index (χ2n) is 0.697. The lowest BCUT2D eigenvalue weighted by Gasteiger charge is -2.01. The van der Waals surface area contributed by atoms with E-state index >= 15 is 0 Å². The Kier molecular flexibility index (Phi) is 2.32. The number of nitrogens with two attached hydrogens (primary N) is 1. The first-order chi connectivity index (χ1) is 2.27. The number of nitrogens with zero attached hydrogens (tertiary/aromatic N) is 1. The first kappa shape index (κ1) is 5.05. The Balaban J connectivity index is 2.54. The van der Waals surface area contributed by atoms with Crippen molar-refractivity contribution in [2.75, 3.05) is 6.44 Å². The standard InChI is InChI=1S/CH4B2N2/c2-1-5(3)4/h1,4H2. The highest BCUT2D eigenvalue weighted by Gasteiger charge is 1.72. The van der Waals surface area contributed by atoms with Crippen LogP contribution in [-0.2, 0) is 0 Å². The summed E-state index contributed by atoms with van der Waals surface area (Å²) in [5, 5.41) is 0. The third-order valence-electron chi connectivity index (χ3n) is 0.211. The fourth-order valence-corrected chi connectivity index (χ4v) is 0. The van der Waals surface area contributed by atoms with Crippen molar-refractivity contribution in [3.8, 4) is 0 Å². The van der Waals surface area contributed by atoms with Crippen molar-refractivity contribution < 1.29 is 0 Å². The number of hydrogen-bond acceptors (Lipinski definition) is 2. The molecule has 0 bridgehead atoms. The lowest BCUT2D eigenvalue weighted by molar-refractivity contribution is 0.560. The molecule has 0 amide bonds. The van der Waals surface area contributed by atoms with E-state index in [2.05, 4.69) is 0 Å². The van der Waals surface area contributed by atoms with Crippen molar-refractivity contribution in [1.82, 2.24) is 4.92 Å². The molecule has 2 N–H and O–H groups in total. The van der Waals surface area contributed by atoms with Gasteiger partial charge in [-0.1, -0.05) is 0 Å². The second kappa shape index (κ2) is 2.30. The van der Waals surface area contributed by atoms with Crippen LogP contribution < -0.4 is 5.84 Å². The highest BCUT2D eigenvalue weighted by atomic mass is 15.3. The quantitative estimate of drug-likeness (QED) is 0.226. The zero-order chi connectivity index (χ0) is 4.28. The molecule has 5 heavy (non-hydrogen) atoms. The van der Waals surface area contributed by atoms with Crippen molar-refractivity contribution in [2.45, 2.75) is 0 Å². The van der Waals surface area contributed by atoms with Crippen LogP contribution >= 0.6 is 0 Å². The molecule has 0 heterocycles. The van der Waals surface area contributed by atoms with Crippen LogP contribution in [0.2, 0.25) is 0 Å². The predicted molar refractivity (Wildman–Crippen MR) is 22.4 cm³/mol. The Bertz CT molecular complexity index is 21.6. The molecule has 0 aliphatic heterocycles. The summed E-state index contributed by atoms with van der Waals surface area (Å²) in [6, 6.07) is 0. The Morgan fingerprint density at radius 1 is 1.80 bits per heavy atom. The van der Waals surface area contributed by atoms with E-state index < -0.39 is 0 Å². The highest BCUT2D eigenvalue weighted by molar-refractivity contribution is 6.13. The summed E-state index contributed by atoms with van der Waals surface area (Å²) in [6.45, 7) is 0. The van der Waals surface area contributed by atoms with E-state index in [1.54, 1.807) is 0 Å². The maximum atomic E-state index is 4.85. The van der Waals surface area contributed by atoms with Crippen molar-refractivity contribution in [1.29, 1.82) is 0 Å². The van der Waals surface area contributed by atoms with Gasteiger partial charge < -0.3 is 4.92 Å². The zero-order valence-corrected chi connectivity index (χ0v) is 2.89. The van der Waals surface area contributed by atoms with Crippen LogP contribution in [-0.4, -0.2) is 27.2 Å². The smallest absolute Gasteiger partial charge is 0.205 e. The molecule has 0 saturated carbocycles. The third-order valence-corrected chi connectivity index (χ3v) is 0.211. The minimum Gasteiger partial charge on any atom is -0.309 e. The summed E-state index contributed by atoms with van der Waals surface area (Å²) in [5.41, 5.74) is 0. The molecule has 0 aromatic carbocycles. The van der Waals surface area contributed by atoms with Crippen molar-refractivity contribution in [3.05, 3.63) is 0 Å². The molecule has 0 fully saturated rings. The van der Waals surface area contributed by atoms with E-state index in [-0.39, 0.29) is 6.44 Å². The van der Waals surface area contributed by atoms with Gasteiger partial charge in [0.25, 0.3) is 0 Å². The minimum atomic E-state index is 0.194. The topological polar surface area (TPSA) is 29.3 Å². The van der Waals surface area contributed by atoms with E-state index in [1.165, 1.54) is 0 Å². The Hall–Kier alpha value is 0.0499. The Labute approximate surface area is 34.1 Å². The SMILES string of the molecule is [B]CN([B])N. The van der Waals surface area contributed by atoms with E-state index in [0.29, 0.717) is 0 Å². The highest BCUT2D eigenvalue weighted by Crippen LogP contribution is 1.49. The molecule has 0 aliphatic carbocycles. The van der Waals surface area contributed by atoms with Crippen LogP contribution in [0.1, 0.15) is 0 Å². The lowest BCUT2D eigenvalue weighted by Crippen LogP contribution is -2.28. The van der Waals surface area contributed by atoms with Crippen LogP contribution in [0.3, 0.4) is 0 Å². The maximum absolute atomic E-state index is 4.85. The van der Waals surface area contributed by atoms with E-state index in [1.807, 2.05) is 0 Å². The fourth-order valence-electron chi connectivity index (χ4n) is 0. The van der Waals surface area contributed by atoms with Crippen LogP contribution in [0.5, 0.6) is 0 Å². The largest absolute Gasteiger partial charge is 0.309 e. The molecule has 24 valence electrons. The normalized spacial score (nSPS) is 9.20. The van der Waals surface area contributed by atoms with Crippen LogP contribution in [0, 0.1) is 0 Å². The second-order valence-corrected chi connectivity index (χ2v) is 0.697. The maximum Gasteiger partial charge on any atom is 0.205 e. The Morgan fingerprint density at radius 3 is 2.00 bits per heavy atom. The molecular formula is CH4B2N2. The van der Waals surface area contributed by atoms with Gasteiger partial charge in [0.1, 0.15) is 0 Å². The van der Waals surface area contributed by atoms with Gasteiger partial charge in [-0.3, -0.25) is 5.84 Å². The summed E-state index contributed by atoms with van der Waals surface area (Å²) in [6.07, 6.45) is 0.194. The number of rotatable bonds is 1. The summed E-state index contributed by atoms with van der Waals surface area (Å²) in [5.74, 6) is 4.78. The zero-order valence-electron chi connectivity index (χ0n) is 2.89. The molecule has 2 nitrogen and oxygen atoms in total. The van der Waals surface area contributed by atoms with E-state index in [9.17, 15) is 0 Å². The van der Waals surface area contributed by atoms with Crippen molar-refractivity contribution in [3.63, 3.8) is 0 Å². The van der Waals surface area contributed by atoms with Gasteiger partial charge in [0.15, 0.2) is 0 Å². The Morgan fingerprint density at radius 2 is 2.00 bits per heavy atom. The van der Waals surface area contributed by atoms with Gasteiger partial charge in [0.05, 0.1) is 7.85 Å². The summed E-state index contributed by atoms with van der Waals surface area (Å²) in [4.78, 5) is 0.903. The van der Waals surface area contributed by atoms with Crippen molar-refractivity contribution >= 4 is 15.8 Å². The minimum absolute atomic E-state index is 0.194. The fraction of sp³-hybridized carbons (Fsp3) is 1.00. The predicted octanol–water partition coefficient (Wildman–Crippen LogP) is -1.63. The summed E-state index contributed by atoms with van der Waals surface area (Å²) >= 11 is 0. The van der Waals surface area contributed by atoms with Gasteiger partial charge in [0, 0.05) is 0 Å². The molecule has 0 rings (SSSR count). The van der Waals surface area contributed by atoms with E-state index in [0.717, 1.165) is 4.92 Å². The first-order valence-electron chi connectivity index (χ1n) is 1.24. The summed E-state index contributed by atoms with van der Waals surface area (Å²) in [7, 11) is 9.62. The lowest BCUT2D eigenvalue weighted by atomic mass is 10.1. The first-order valence-corrected chi connectivity index (χ1v) is 1.24. The average Bonchev–Trinajstić information content (AvgIpc) is 1.38. The van der Waals surface area contributed by atoms with Crippen LogP contribution in [0.4, 0.5) is 0 Å². The van der Waals surface area contributed by atoms with Gasteiger partial charge in [-0.05, 0) is 6.44 Å². The van der Waals surface area contributed by atoms with Gasteiger partial charge in [-0.25, -0.2) is 0 Å². The molecule has 0 aromatic rings. The van der Waals surface area contributed by atoms with Gasteiger partial charge >= 0.3 is 0 Å². The molecule has 0 atom stereocenters. The van der Waals surface area contributed by atoms with Crippen LogP contribution in [0.15, 0.2) is 0 Å². The molecule has 0 unspecified atom stereocenters. The van der Waals surface area contributed by atoms with E-state index in [4.69, 9.17) is 21.7 Å². The van der Waals surface area contributed by atoms with Gasteiger partial charge in [0.2, 0.25) is 7.98 Å². The number of hydrogen-bond donors (Lipinski definition) is 1. The van der Waals surface area contributed by atoms with Crippen molar-refractivity contribution in [2.24, 2.45) is 5.84 Å². The molecule has 4 heteroatoms. The third kappa shape index (κ3) is 4.05. The molecule has 4 radical (unpaired) electrons. The number of hydrazine groups is 1.